The number of hydrogen-bond donors (Lipinski definition) is 1. The van der Waals surface area contributed by atoms with Gasteiger partial charge in [-0.15, -0.1) is 0 Å². The molecule has 50 heavy (non-hydrogen) atoms. The number of halogens is 2. The molecule has 3 amide bonds. The lowest BCUT2D eigenvalue weighted by Gasteiger charge is -2.39. The molecule has 13 nitrogen and oxygen atoms in total. The van der Waals surface area contributed by atoms with Gasteiger partial charge in [-0.05, 0) is 61.5 Å². The van der Waals surface area contributed by atoms with E-state index in [0.29, 0.717) is 75.4 Å². The number of amides is 3. The van der Waals surface area contributed by atoms with Crippen LogP contribution in [-0.4, -0.2) is 105 Å². The molecule has 6 rings (SSSR count). The molecule has 15 heteroatoms. The summed E-state index contributed by atoms with van der Waals surface area (Å²) in [4.78, 5) is 51.5. The van der Waals surface area contributed by atoms with E-state index in [2.05, 4.69) is 5.32 Å². The smallest absolute Gasteiger partial charge is 0.327 e. The van der Waals surface area contributed by atoms with Gasteiger partial charge >= 0.3 is 6.03 Å². The van der Waals surface area contributed by atoms with E-state index in [4.69, 9.17) is 19.2 Å². The van der Waals surface area contributed by atoms with Crippen molar-refractivity contribution in [1.29, 1.82) is 0 Å². The van der Waals surface area contributed by atoms with Crippen molar-refractivity contribution >= 4 is 34.2 Å². The minimum absolute atomic E-state index is 0.0207. The number of morpholine rings is 1. The van der Waals surface area contributed by atoms with Crippen molar-refractivity contribution < 1.29 is 32.6 Å². The van der Waals surface area contributed by atoms with Gasteiger partial charge in [-0.1, -0.05) is 0 Å². The molecular weight excluding hydrogens is 652 g/mol. The minimum atomic E-state index is -0.916. The van der Waals surface area contributed by atoms with Crippen LogP contribution in [0.25, 0.3) is 10.9 Å². The van der Waals surface area contributed by atoms with Crippen molar-refractivity contribution in [2.75, 3.05) is 88.5 Å². The number of nitrogens with one attached hydrogen (secondary N) is 1. The highest BCUT2D eigenvalue weighted by Gasteiger charge is 2.33. The van der Waals surface area contributed by atoms with E-state index in [1.54, 1.807) is 30.0 Å². The van der Waals surface area contributed by atoms with Gasteiger partial charge in [-0.3, -0.25) is 19.4 Å². The third-order valence-electron chi connectivity index (χ3n) is 8.91. The number of fused-ring (bicyclic) bond motifs is 1. The molecule has 264 valence electrons. The molecule has 0 spiro atoms. The maximum absolute atomic E-state index is 14.5. The number of methoxy groups -OCH3 is 2. The van der Waals surface area contributed by atoms with Crippen LogP contribution in [0, 0.1) is 11.6 Å². The minimum Gasteiger partial charge on any atom is -0.497 e. The molecule has 2 aliphatic rings. The largest absolute Gasteiger partial charge is 0.497 e. The van der Waals surface area contributed by atoms with Crippen molar-refractivity contribution in [2.45, 2.75) is 13.0 Å². The van der Waals surface area contributed by atoms with Gasteiger partial charge in [0.15, 0.2) is 5.82 Å². The molecule has 1 aromatic heterocycles. The zero-order chi connectivity index (χ0) is 35.4. The maximum atomic E-state index is 14.5. The molecule has 3 aromatic carbocycles. The van der Waals surface area contributed by atoms with Gasteiger partial charge in [0.1, 0.15) is 23.1 Å². The molecule has 2 fully saturated rings. The zero-order valence-corrected chi connectivity index (χ0v) is 28.1. The molecule has 1 atom stereocenters. The number of hydrogen-bond acceptors (Lipinski definition) is 9. The van der Waals surface area contributed by atoms with E-state index in [-0.39, 0.29) is 29.2 Å². The normalized spacial score (nSPS) is 15.9. The number of carbonyl (C=O) groups is 2. The number of benzene rings is 3. The first-order valence-electron chi connectivity index (χ1n) is 16.3. The molecule has 0 saturated carbocycles. The van der Waals surface area contributed by atoms with Gasteiger partial charge < -0.3 is 29.4 Å². The Balaban J connectivity index is 1.38. The van der Waals surface area contributed by atoms with E-state index in [1.807, 2.05) is 9.91 Å². The number of anilines is 2. The van der Waals surface area contributed by atoms with Crippen molar-refractivity contribution in [3.8, 4) is 11.5 Å². The van der Waals surface area contributed by atoms with Crippen LogP contribution in [0.15, 0.2) is 65.5 Å². The second-order valence-electron chi connectivity index (χ2n) is 12.0. The summed E-state index contributed by atoms with van der Waals surface area (Å²) in [6, 6.07) is 12.6. The van der Waals surface area contributed by atoms with Crippen LogP contribution < -0.4 is 30.3 Å². The predicted molar refractivity (Wildman–Crippen MR) is 184 cm³/mol. The van der Waals surface area contributed by atoms with Crippen LogP contribution in [0.2, 0.25) is 0 Å². The van der Waals surface area contributed by atoms with E-state index < -0.39 is 29.3 Å². The molecule has 3 heterocycles. The Morgan fingerprint density at radius 2 is 1.62 bits per heavy atom. The number of piperazine rings is 1. The second kappa shape index (κ2) is 15.1. The Morgan fingerprint density at radius 3 is 2.30 bits per heavy atom. The fraction of sp³-hybridized carbons (Fsp3) is 0.371. The van der Waals surface area contributed by atoms with Gasteiger partial charge in [0.25, 0.3) is 5.56 Å². The first-order valence-corrected chi connectivity index (χ1v) is 16.3. The molecule has 2 saturated heterocycles. The lowest BCUT2D eigenvalue weighted by molar-refractivity contribution is -0.136. The van der Waals surface area contributed by atoms with Gasteiger partial charge in [0.05, 0.1) is 56.6 Å². The summed E-state index contributed by atoms with van der Waals surface area (Å²) in [5, 5.41) is 4.70. The lowest BCUT2D eigenvalue weighted by Crippen LogP contribution is -2.57. The average Bonchev–Trinajstić information content (AvgIpc) is 3.13. The van der Waals surface area contributed by atoms with E-state index in [1.165, 1.54) is 60.2 Å². The Hall–Kier alpha value is -5.28. The highest BCUT2D eigenvalue weighted by molar-refractivity contribution is 6.03. The topological polar surface area (TPSA) is 122 Å². The number of ether oxygens (including phenoxy) is 3. The summed E-state index contributed by atoms with van der Waals surface area (Å²) in [6.07, 6.45) is 0. The monoisotopic (exact) mass is 691 g/mol. The van der Waals surface area contributed by atoms with E-state index in [9.17, 15) is 23.2 Å². The molecule has 1 unspecified atom stereocenters. The van der Waals surface area contributed by atoms with Crippen molar-refractivity contribution in [2.24, 2.45) is 0 Å². The molecule has 0 radical (unpaired) electrons. The summed E-state index contributed by atoms with van der Waals surface area (Å²) in [5.41, 5.74) is 0.426. The van der Waals surface area contributed by atoms with Crippen LogP contribution in [0.3, 0.4) is 0 Å². The van der Waals surface area contributed by atoms with Gasteiger partial charge in [-0.25, -0.2) is 23.2 Å². The number of aromatic nitrogens is 2. The third-order valence-corrected chi connectivity index (χ3v) is 8.91. The van der Waals surface area contributed by atoms with Gasteiger partial charge in [0, 0.05) is 51.0 Å². The molecule has 2 aliphatic heterocycles. The molecule has 1 N–H and O–H groups in total. The lowest BCUT2D eigenvalue weighted by atomic mass is 10.1. The average molecular weight is 692 g/mol. The zero-order valence-electron chi connectivity index (χ0n) is 28.1. The van der Waals surface area contributed by atoms with E-state index >= 15 is 0 Å². The first-order chi connectivity index (χ1) is 24.2. The Kier molecular flexibility index (Phi) is 10.4. The fourth-order valence-electron chi connectivity index (χ4n) is 6.22. The van der Waals surface area contributed by atoms with Crippen LogP contribution in [0.5, 0.6) is 11.5 Å². The number of carbonyl (C=O) groups excluding carboxylic acids is 2. The maximum Gasteiger partial charge on any atom is 0.327 e. The number of urea groups is 1. The summed E-state index contributed by atoms with van der Waals surface area (Å²) in [7, 11) is 2.97. The van der Waals surface area contributed by atoms with Crippen LogP contribution in [0.4, 0.5) is 25.0 Å². The van der Waals surface area contributed by atoms with Crippen molar-refractivity contribution in [3.05, 3.63) is 88.5 Å². The SMILES string of the molecule is COc1ccc(N(C(=O)Nc2ccc(F)cc2)C(C)c2nc3ccc(F)cc3c(=O)n2N2CCN(CC(=O)N3CCOCC3)CC2)c(OC)c1. The highest BCUT2D eigenvalue weighted by Crippen LogP contribution is 2.37. The second-order valence-corrected chi connectivity index (χ2v) is 12.0. The molecule has 4 aromatic rings. The van der Waals surface area contributed by atoms with E-state index in [0.717, 1.165) is 6.07 Å². The predicted octanol–water partition coefficient (Wildman–Crippen LogP) is 3.60. The summed E-state index contributed by atoms with van der Waals surface area (Å²) >= 11 is 0. The molecule has 0 aliphatic carbocycles. The molecular formula is C35H39F2N7O6. The van der Waals surface area contributed by atoms with Crippen molar-refractivity contribution in [3.63, 3.8) is 0 Å². The van der Waals surface area contributed by atoms with Crippen LogP contribution in [0.1, 0.15) is 18.8 Å². The van der Waals surface area contributed by atoms with Gasteiger partial charge in [-0.2, -0.15) is 0 Å². The van der Waals surface area contributed by atoms with Gasteiger partial charge in [0.2, 0.25) is 5.91 Å². The summed E-state index contributed by atoms with van der Waals surface area (Å²) in [6.45, 7) is 5.74. The fourth-order valence-corrected chi connectivity index (χ4v) is 6.22. The van der Waals surface area contributed by atoms with Crippen LogP contribution >= 0.6 is 0 Å². The summed E-state index contributed by atoms with van der Waals surface area (Å²) < 4.78 is 46.0. The quantitative estimate of drug-likeness (QED) is 0.281. The number of rotatable bonds is 9. The summed E-state index contributed by atoms with van der Waals surface area (Å²) in [5.74, 6) is -0.0214. The Bertz CT molecular complexity index is 1910. The third kappa shape index (κ3) is 7.33. The van der Waals surface area contributed by atoms with Crippen LogP contribution in [-0.2, 0) is 9.53 Å². The Labute approximate surface area is 287 Å². The highest BCUT2D eigenvalue weighted by atomic mass is 19.1. The number of nitrogens with zero attached hydrogens (tertiary/aromatic N) is 6. The van der Waals surface area contributed by atoms with Crippen molar-refractivity contribution in [1.82, 2.24) is 19.5 Å². The first kappa shape index (κ1) is 34.6. The Morgan fingerprint density at radius 1 is 0.920 bits per heavy atom. The standard InChI is InChI=1S/C35H39F2N7O6/c1-23(43(30-11-9-27(48-2)21-31(30)49-3)35(47)38-26-7-4-24(36)5-8-26)33-39-29-10-6-25(37)20-28(29)34(46)44(33)42-14-12-40(13-15-42)22-32(45)41-16-18-50-19-17-41/h4-11,20-21,23H,12-19,22H2,1-3H3,(H,38,47). The molecule has 0 bridgehead atoms.